The van der Waals surface area contributed by atoms with Gasteiger partial charge in [0, 0.05) is 12.0 Å². The molecule has 1 aliphatic carbocycles. The van der Waals surface area contributed by atoms with Gasteiger partial charge in [0.05, 0.1) is 0 Å². The number of nitrogens with one attached hydrogen (secondary N) is 1. The van der Waals surface area contributed by atoms with Crippen LogP contribution < -0.4 is 5.32 Å². The minimum atomic E-state index is -4.96. The first-order valence-electron chi connectivity index (χ1n) is 9.48. The first-order valence-corrected chi connectivity index (χ1v) is 9.48. The molecule has 28 heavy (non-hydrogen) atoms. The molecule has 0 amide bonds. The highest BCUT2D eigenvalue weighted by atomic mass is 19.4. The normalized spacial score (nSPS) is 26.4. The number of hydrogen-bond donors (Lipinski definition) is 1. The summed E-state index contributed by atoms with van der Waals surface area (Å²) in [6, 6.07) is 10.7. The van der Waals surface area contributed by atoms with E-state index in [4.69, 9.17) is 0 Å². The maximum atomic E-state index is 14.5. The van der Waals surface area contributed by atoms with Crippen molar-refractivity contribution in [1.82, 2.24) is 5.32 Å². The molecule has 3 atom stereocenters. The number of rotatable bonds is 3. The van der Waals surface area contributed by atoms with E-state index in [9.17, 15) is 22.0 Å². The van der Waals surface area contributed by atoms with Crippen LogP contribution in [0.4, 0.5) is 22.0 Å². The van der Waals surface area contributed by atoms with E-state index < -0.39 is 11.8 Å². The van der Waals surface area contributed by atoms with E-state index in [1.807, 2.05) is 0 Å². The number of benzene rings is 2. The van der Waals surface area contributed by atoms with Crippen molar-refractivity contribution in [1.29, 1.82) is 0 Å². The number of halogens is 5. The molecule has 0 saturated carbocycles. The predicted molar refractivity (Wildman–Crippen MR) is 97.4 cm³/mol. The molecule has 0 radical (unpaired) electrons. The van der Waals surface area contributed by atoms with Gasteiger partial charge in [0.1, 0.15) is 5.82 Å². The van der Waals surface area contributed by atoms with Crippen molar-refractivity contribution in [3.8, 4) is 0 Å². The topological polar surface area (TPSA) is 12.0 Å². The van der Waals surface area contributed by atoms with Crippen LogP contribution in [0.25, 0.3) is 0 Å². The zero-order valence-corrected chi connectivity index (χ0v) is 15.5. The Kier molecular flexibility index (Phi) is 4.53. The molecule has 0 bridgehead atoms. The molecule has 2 aromatic rings. The van der Waals surface area contributed by atoms with E-state index in [-0.39, 0.29) is 16.8 Å². The lowest BCUT2D eigenvalue weighted by atomic mass is 9.62. The molecule has 4 rings (SSSR count). The minimum absolute atomic E-state index is 0.269. The van der Waals surface area contributed by atoms with Gasteiger partial charge in [-0.2, -0.15) is 13.2 Å². The Hall–Kier alpha value is -1.95. The van der Waals surface area contributed by atoms with Crippen LogP contribution in [0, 0.1) is 11.7 Å². The molecule has 0 aromatic heterocycles. The SMILES string of the molecule is CC(F)(c1ccc2c(c1)CCC1CNCC21Cc1ccc(F)cc1)C(F)(F)F. The van der Waals surface area contributed by atoms with Crippen molar-refractivity contribution in [2.24, 2.45) is 5.92 Å². The lowest BCUT2D eigenvalue weighted by Crippen LogP contribution is -2.42. The first-order chi connectivity index (χ1) is 13.1. The lowest BCUT2D eigenvalue weighted by molar-refractivity contribution is -0.228. The third-order valence-corrected chi connectivity index (χ3v) is 6.52. The van der Waals surface area contributed by atoms with Crippen LogP contribution >= 0.6 is 0 Å². The molecule has 2 aromatic carbocycles. The quantitative estimate of drug-likeness (QED) is 0.703. The second-order valence-corrected chi connectivity index (χ2v) is 8.20. The van der Waals surface area contributed by atoms with Crippen molar-refractivity contribution >= 4 is 0 Å². The molecule has 6 heteroatoms. The van der Waals surface area contributed by atoms with E-state index in [2.05, 4.69) is 5.32 Å². The van der Waals surface area contributed by atoms with Gasteiger partial charge in [0.2, 0.25) is 5.67 Å². The number of hydrogen-bond acceptors (Lipinski definition) is 1. The molecule has 3 unspecified atom stereocenters. The monoisotopic (exact) mass is 395 g/mol. The highest BCUT2D eigenvalue weighted by molar-refractivity contribution is 5.45. The van der Waals surface area contributed by atoms with Gasteiger partial charge < -0.3 is 5.32 Å². The highest BCUT2D eigenvalue weighted by Gasteiger charge is 2.54. The number of alkyl halides is 4. The van der Waals surface area contributed by atoms with E-state index in [0.29, 0.717) is 32.2 Å². The molecule has 2 aliphatic rings. The van der Waals surface area contributed by atoms with Gasteiger partial charge in [0.25, 0.3) is 0 Å². The van der Waals surface area contributed by atoms with Gasteiger partial charge in [-0.05, 0) is 73.0 Å². The minimum Gasteiger partial charge on any atom is -0.316 e. The summed E-state index contributed by atoms with van der Waals surface area (Å²) >= 11 is 0. The second kappa shape index (κ2) is 6.55. The molecule has 1 heterocycles. The number of aryl methyl sites for hydroxylation is 1. The van der Waals surface area contributed by atoms with Crippen molar-refractivity contribution in [2.75, 3.05) is 13.1 Å². The summed E-state index contributed by atoms with van der Waals surface area (Å²) in [6.45, 7) is 2.12. The van der Waals surface area contributed by atoms with Crippen LogP contribution in [0.1, 0.15) is 35.6 Å². The van der Waals surface area contributed by atoms with E-state index in [1.54, 1.807) is 18.2 Å². The smallest absolute Gasteiger partial charge is 0.316 e. The van der Waals surface area contributed by atoms with Crippen LogP contribution in [0.3, 0.4) is 0 Å². The van der Waals surface area contributed by atoms with Crippen molar-refractivity contribution in [2.45, 2.75) is 43.4 Å². The molecule has 1 fully saturated rings. The molecule has 0 spiro atoms. The fraction of sp³-hybridized carbons (Fsp3) is 0.455. The molecule has 1 N–H and O–H groups in total. The predicted octanol–water partition coefficient (Wildman–Crippen LogP) is 5.22. The molecule has 1 saturated heterocycles. The molecule has 1 aliphatic heterocycles. The lowest BCUT2D eigenvalue weighted by Gasteiger charge is -2.41. The van der Waals surface area contributed by atoms with Gasteiger partial charge in [-0.3, -0.25) is 0 Å². The summed E-state index contributed by atoms with van der Waals surface area (Å²) in [6.07, 6.45) is -2.82. The largest absolute Gasteiger partial charge is 0.426 e. The van der Waals surface area contributed by atoms with Crippen LogP contribution in [-0.4, -0.2) is 19.3 Å². The molecule has 150 valence electrons. The first kappa shape index (κ1) is 19.4. The Morgan fingerprint density at radius 3 is 2.46 bits per heavy atom. The third kappa shape index (κ3) is 3.02. The van der Waals surface area contributed by atoms with Crippen LogP contribution in [-0.2, 0) is 23.9 Å². The average Bonchev–Trinajstić information content (AvgIpc) is 3.06. The Morgan fingerprint density at radius 1 is 1.07 bits per heavy atom. The molecular weight excluding hydrogens is 373 g/mol. The van der Waals surface area contributed by atoms with Gasteiger partial charge in [-0.25, -0.2) is 8.78 Å². The van der Waals surface area contributed by atoms with Crippen LogP contribution in [0.15, 0.2) is 42.5 Å². The molecular formula is C22H22F5N. The van der Waals surface area contributed by atoms with Crippen molar-refractivity contribution < 1.29 is 22.0 Å². The van der Waals surface area contributed by atoms with E-state index in [0.717, 1.165) is 29.7 Å². The summed E-state index contributed by atoms with van der Waals surface area (Å²) in [7, 11) is 0. The molecule has 1 nitrogen and oxygen atoms in total. The van der Waals surface area contributed by atoms with Gasteiger partial charge in [-0.15, -0.1) is 0 Å². The van der Waals surface area contributed by atoms with Crippen molar-refractivity contribution in [3.63, 3.8) is 0 Å². The highest BCUT2D eigenvalue weighted by Crippen LogP contribution is 2.48. The number of fused-ring (bicyclic) bond motifs is 3. The Morgan fingerprint density at radius 2 is 1.79 bits per heavy atom. The zero-order chi connectivity index (χ0) is 20.2. The summed E-state index contributed by atoms with van der Waals surface area (Å²) in [5.74, 6) is 0.0423. The summed E-state index contributed by atoms with van der Waals surface area (Å²) < 4.78 is 67.2. The third-order valence-electron chi connectivity index (χ3n) is 6.52. The van der Waals surface area contributed by atoms with Crippen molar-refractivity contribution in [3.05, 3.63) is 70.5 Å². The fourth-order valence-electron chi connectivity index (χ4n) is 4.84. The zero-order valence-electron chi connectivity index (χ0n) is 15.5. The average molecular weight is 395 g/mol. The summed E-state index contributed by atoms with van der Waals surface area (Å²) in [4.78, 5) is 0. The van der Waals surface area contributed by atoms with Gasteiger partial charge >= 0.3 is 6.18 Å². The maximum absolute atomic E-state index is 14.5. The van der Waals surface area contributed by atoms with Gasteiger partial charge in [0.15, 0.2) is 0 Å². The second-order valence-electron chi connectivity index (χ2n) is 8.20. The van der Waals surface area contributed by atoms with Crippen LogP contribution in [0.5, 0.6) is 0 Å². The summed E-state index contributed by atoms with van der Waals surface area (Å²) in [5.41, 5.74) is -1.24. The fourth-order valence-corrected chi connectivity index (χ4v) is 4.84. The standard InChI is InChI=1S/C22H22F5N/c1-20(24,22(25,26)27)16-6-9-19-15(10-16)4-5-17-12-28-13-21(17,19)11-14-2-7-18(23)8-3-14/h2-3,6-10,17,28H,4-5,11-13H2,1H3. The van der Waals surface area contributed by atoms with E-state index >= 15 is 0 Å². The Labute approximate surface area is 161 Å². The van der Waals surface area contributed by atoms with Crippen LogP contribution in [0.2, 0.25) is 0 Å². The Balaban J connectivity index is 1.76. The van der Waals surface area contributed by atoms with E-state index in [1.165, 1.54) is 24.3 Å². The summed E-state index contributed by atoms with van der Waals surface area (Å²) in [5, 5.41) is 3.42. The van der Waals surface area contributed by atoms with Gasteiger partial charge in [-0.1, -0.05) is 30.3 Å². The maximum Gasteiger partial charge on any atom is 0.426 e. The Bertz CT molecular complexity index is 871.